The number of ether oxygens (including phenoxy) is 1. The Morgan fingerprint density at radius 2 is 1.50 bits per heavy atom. The van der Waals surface area contributed by atoms with Crippen LogP contribution in [0.15, 0.2) is 60.6 Å². The lowest BCUT2D eigenvalue weighted by molar-refractivity contribution is 0.241. The van der Waals surface area contributed by atoms with Crippen molar-refractivity contribution >= 4 is 17.3 Å². The largest absolute Gasteiger partial charge is 0.428 e. The van der Waals surface area contributed by atoms with Crippen molar-refractivity contribution < 1.29 is 17.9 Å². The second kappa shape index (κ2) is 7.73. The highest BCUT2D eigenvalue weighted by atomic mass is 19.3. The first kappa shape index (κ1) is 17.7. The molecule has 2 nitrogen and oxygen atoms in total. The Morgan fingerprint density at radius 1 is 0.917 bits per heavy atom. The molecule has 0 saturated carbocycles. The van der Waals surface area contributed by atoms with Crippen LogP contribution in [0.25, 0.3) is 11.6 Å². The first-order valence-corrected chi connectivity index (χ1v) is 7.31. The lowest BCUT2D eigenvalue weighted by Gasteiger charge is -2.12. The standard InChI is InChI=1S/C19H18F3NO/c1-13(15-6-8-16(9-7-15)23(2)3)12-14-4-10-17(11-5-14)24-19(22)18(20)21/h4-12H,1-3H3/b13-12+. The Bertz CT molecular complexity index is 743. The van der Waals surface area contributed by atoms with Crippen LogP contribution in [-0.4, -0.2) is 14.1 Å². The van der Waals surface area contributed by atoms with Crippen molar-refractivity contribution in [2.45, 2.75) is 6.92 Å². The SMILES string of the molecule is C/C(=C\c1ccc(OC(F)=C(F)F)cc1)c1ccc(N(C)C)cc1. The van der Waals surface area contributed by atoms with Gasteiger partial charge in [0.1, 0.15) is 5.75 Å². The summed E-state index contributed by atoms with van der Waals surface area (Å²) in [5.74, 6) is 0.0189. The molecular weight excluding hydrogens is 315 g/mol. The van der Waals surface area contributed by atoms with Crippen molar-refractivity contribution in [3.05, 3.63) is 71.8 Å². The van der Waals surface area contributed by atoms with Gasteiger partial charge in [0, 0.05) is 19.8 Å². The molecule has 0 aliphatic carbocycles. The monoisotopic (exact) mass is 333 g/mol. The van der Waals surface area contributed by atoms with E-state index < -0.39 is 12.1 Å². The Hall–Kier alpha value is -2.69. The third kappa shape index (κ3) is 4.65. The maximum absolute atomic E-state index is 12.7. The fourth-order valence-corrected chi connectivity index (χ4v) is 2.13. The minimum atomic E-state index is -2.48. The number of hydrogen-bond acceptors (Lipinski definition) is 2. The molecule has 0 bridgehead atoms. The molecule has 24 heavy (non-hydrogen) atoms. The van der Waals surface area contributed by atoms with Crippen LogP contribution in [0.4, 0.5) is 18.9 Å². The van der Waals surface area contributed by atoms with Crippen molar-refractivity contribution in [1.29, 1.82) is 0 Å². The number of benzene rings is 2. The summed E-state index contributed by atoms with van der Waals surface area (Å²) in [4.78, 5) is 2.02. The number of rotatable bonds is 5. The average molecular weight is 333 g/mol. The smallest absolute Gasteiger partial charge is 0.344 e. The fourth-order valence-electron chi connectivity index (χ4n) is 2.13. The molecule has 2 aromatic carbocycles. The van der Waals surface area contributed by atoms with Gasteiger partial charge in [-0.25, -0.2) is 0 Å². The van der Waals surface area contributed by atoms with Gasteiger partial charge in [0.25, 0.3) is 0 Å². The Morgan fingerprint density at radius 3 is 2.00 bits per heavy atom. The Kier molecular flexibility index (Phi) is 5.68. The van der Waals surface area contributed by atoms with E-state index in [0.717, 1.165) is 22.4 Å². The molecule has 0 unspecified atom stereocenters. The van der Waals surface area contributed by atoms with E-state index in [1.165, 1.54) is 12.1 Å². The van der Waals surface area contributed by atoms with E-state index >= 15 is 0 Å². The predicted molar refractivity (Wildman–Crippen MR) is 91.7 cm³/mol. The third-order valence-electron chi connectivity index (χ3n) is 3.46. The molecule has 0 fully saturated rings. The van der Waals surface area contributed by atoms with Gasteiger partial charge in [0.15, 0.2) is 0 Å². The van der Waals surface area contributed by atoms with Crippen LogP contribution in [-0.2, 0) is 0 Å². The highest BCUT2D eigenvalue weighted by molar-refractivity contribution is 5.80. The van der Waals surface area contributed by atoms with Crippen molar-refractivity contribution in [2.24, 2.45) is 0 Å². The molecule has 0 aliphatic rings. The highest BCUT2D eigenvalue weighted by Crippen LogP contribution is 2.23. The molecule has 5 heteroatoms. The Labute approximate surface area is 139 Å². The van der Waals surface area contributed by atoms with Gasteiger partial charge in [-0.1, -0.05) is 30.3 Å². The molecule has 0 heterocycles. The normalized spacial score (nSPS) is 11.2. The van der Waals surface area contributed by atoms with Gasteiger partial charge < -0.3 is 9.64 Å². The van der Waals surface area contributed by atoms with Gasteiger partial charge >= 0.3 is 12.1 Å². The number of halogens is 3. The summed E-state index contributed by atoms with van der Waals surface area (Å²) in [5, 5.41) is 0. The van der Waals surface area contributed by atoms with E-state index in [9.17, 15) is 13.2 Å². The zero-order valence-electron chi connectivity index (χ0n) is 13.7. The van der Waals surface area contributed by atoms with Crippen LogP contribution in [0.2, 0.25) is 0 Å². The number of hydrogen-bond donors (Lipinski definition) is 0. The van der Waals surface area contributed by atoms with E-state index in [1.54, 1.807) is 12.1 Å². The zero-order chi connectivity index (χ0) is 17.7. The molecule has 0 aliphatic heterocycles. The third-order valence-corrected chi connectivity index (χ3v) is 3.46. The topological polar surface area (TPSA) is 12.5 Å². The molecule has 0 atom stereocenters. The molecule has 2 rings (SSSR count). The lowest BCUT2D eigenvalue weighted by atomic mass is 10.0. The number of allylic oxidation sites excluding steroid dienone is 1. The summed E-state index contributed by atoms with van der Waals surface area (Å²) in [6.07, 6.45) is -0.521. The van der Waals surface area contributed by atoms with E-state index in [-0.39, 0.29) is 5.75 Å². The zero-order valence-corrected chi connectivity index (χ0v) is 13.7. The van der Waals surface area contributed by atoms with Crippen LogP contribution in [0.1, 0.15) is 18.1 Å². The van der Waals surface area contributed by atoms with Gasteiger partial charge in [0.05, 0.1) is 0 Å². The summed E-state index contributed by atoms with van der Waals surface area (Å²) in [6, 6.07) is 12.5. The quantitative estimate of drug-likeness (QED) is 0.512. The van der Waals surface area contributed by atoms with Crippen molar-refractivity contribution in [3.63, 3.8) is 0 Å². The first-order chi connectivity index (χ1) is 11.4. The van der Waals surface area contributed by atoms with Crippen molar-refractivity contribution in [1.82, 2.24) is 0 Å². The van der Waals surface area contributed by atoms with E-state index in [0.29, 0.717) is 0 Å². The summed E-state index contributed by atoms with van der Waals surface area (Å²) < 4.78 is 41.1. The van der Waals surface area contributed by atoms with Gasteiger partial charge in [-0.05, 0) is 47.9 Å². The van der Waals surface area contributed by atoms with E-state index in [2.05, 4.69) is 4.74 Å². The Balaban J connectivity index is 2.14. The second-order valence-corrected chi connectivity index (χ2v) is 5.47. The molecular formula is C19H18F3NO. The predicted octanol–water partition coefficient (Wildman–Crippen LogP) is 5.73. The first-order valence-electron chi connectivity index (χ1n) is 7.31. The van der Waals surface area contributed by atoms with Gasteiger partial charge in [-0.3, -0.25) is 0 Å². The lowest BCUT2D eigenvalue weighted by Crippen LogP contribution is -2.08. The minimum absolute atomic E-state index is 0.0189. The summed E-state index contributed by atoms with van der Waals surface area (Å²) in [6.45, 7) is 1.98. The van der Waals surface area contributed by atoms with Crippen LogP contribution >= 0.6 is 0 Å². The molecule has 0 spiro atoms. The van der Waals surface area contributed by atoms with Crippen LogP contribution < -0.4 is 9.64 Å². The average Bonchev–Trinajstić information content (AvgIpc) is 2.56. The summed E-state index contributed by atoms with van der Waals surface area (Å²) in [5.41, 5.74) is 4.11. The summed E-state index contributed by atoms with van der Waals surface area (Å²) in [7, 11) is 3.96. The molecule has 2 aromatic rings. The fraction of sp³-hybridized carbons (Fsp3) is 0.158. The van der Waals surface area contributed by atoms with Gasteiger partial charge in [0.2, 0.25) is 0 Å². The molecule has 0 aromatic heterocycles. The highest BCUT2D eigenvalue weighted by Gasteiger charge is 2.07. The van der Waals surface area contributed by atoms with Gasteiger partial charge in [-0.15, -0.1) is 0 Å². The van der Waals surface area contributed by atoms with Crippen LogP contribution in [0.5, 0.6) is 5.75 Å². The molecule has 0 amide bonds. The van der Waals surface area contributed by atoms with E-state index in [1.807, 2.05) is 56.3 Å². The van der Waals surface area contributed by atoms with Gasteiger partial charge in [-0.2, -0.15) is 13.2 Å². The minimum Gasteiger partial charge on any atom is -0.428 e. The summed E-state index contributed by atoms with van der Waals surface area (Å²) >= 11 is 0. The molecule has 0 saturated heterocycles. The molecule has 0 radical (unpaired) electrons. The van der Waals surface area contributed by atoms with Crippen LogP contribution in [0.3, 0.4) is 0 Å². The second-order valence-electron chi connectivity index (χ2n) is 5.47. The number of nitrogens with zero attached hydrogens (tertiary/aromatic N) is 1. The van der Waals surface area contributed by atoms with Crippen molar-refractivity contribution in [3.8, 4) is 5.75 Å². The molecule has 0 N–H and O–H groups in total. The van der Waals surface area contributed by atoms with Crippen molar-refractivity contribution in [2.75, 3.05) is 19.0 Å². The number of anilines is 1. The molecule has 126 valence electrons. The maximum Gasteiger partial charge on any atom is 0.344 e. The van der Waals surface area contributed by atoms with Crippen LogP contribution in [0, 0.1) is 0 Å². The maximum atomic E-state index is 12.7. The van der Waals surface area contributed by atoms with E-state index in [4.69, 9.17) is 0 Å².